The molecule has 0 fully saturated rings. The molecule has 3 aromatic carbocycles. The lowest BCUT2D eigenvalue weighted by Gasteiger charge is -2.32. The van der Waals surface area contributed by atoms with E-state index < -0.39 is 0 Å². The van der Waals surface area contributed by atoms with Crippen molar-refractivity contribution in [2.24, 2.45) is 0 Å². The largest absolute Gasteiger partial charge is 0.397 e. The minimum atomic E-state index is 0.265. The highest BCUT2D eigenvalue weighted by Gasteiger charge is 2.22. The second-order valence-electron chi connectivity index (χ2n) is 9.36. The SMILES string of the molecule is CC.CC1=CC=CCC1.Nc1c(SCc2ccccc2)ccc2ccc(C3=CNC4C=CC=CC4N3)cc12. The van der Waals surface area contributed by atoms with E-state index in [-0.39, 0.29) is 6.04 Å². The van der Waals surface area contributed by atoms with Gasteiger partial charge in [0.2, 0.25) is 0 Å². The Morgan fingerprint density at radius 2 is 1.68 bits per heavy atom. The van der Waals surface area contributed by atoms with E-state index in [1.54, 1.807) is 11.8 Å². The summed E-state index contributed by atoms with van der Waals surface area (Å²) in [7, 11) is 0. The zero-order valence-electron chi connectivity index (χ0n) is 22.7. The Hall–Kier alpha value is -3.63. The average Bonchev–Trinajstić information content (AvgIpc) is 2.99. The number of hydrogen-bond donors (Lipinski definition) is 3. The van der Waals surface area contributed by atoms with Gasteiger partial charge in [-0.25, -0.2) is 0 Å². The first-order valence-electron chi connectivity index (χ1n) is 13.6. The van der Waals surface area contributed by atoms with Crippen LogP contribution in [0.5, 0.6) is 0 Å². The second kappa shape index (κ2) is 13.8. The molecule has 2 atom stereocenters. The van der Waals surface area contributed by atoms with Gasteiger partial charge in [-0.15, -0.1) is 11.8 Å². The molecule has 2 unspecified atom stereocenters. The minimum Gasteiger partial charge on any atom is -0.397 e. The van der Waals surface area contributed by atoms with Gasteiger partial charge in [-0.1, -0.05) is 110 Å². The number of nitrogens with two attached hydrogens (primary N) is 1. The van der Waals surface area contributed by atoms with Gasteiger partial charge in [0.15, 0.2) is 0 Å². The zero-order chi connectivity index (χ0) is 26.7. The first-order chi connectivity index (χ1) is 18.7. The topological polar surface area (TPSA) is 50.1 Å². The lowest BCUT2D eigenvalue weighted by Crippen LogP contribution is -2.48. The molecule has 1 heterocycles. The highest BCUT2D eigenvalue weighted by molar-refractivity contribution is 7.98. The van der Waals surface area contributed by atoms with E-state index in [0.29, 0.717) is 6.04 Å². The summed E-state index contributed by atoms with van der Waals surface area (Å²) in [4.78, 5) is 1.13. The summed E-state index contributed by atoms with van der Waals surface area (Å²) in [6.45, 7) is 6.17. The molecular weight excluding hydrogens is 482 g/mol. The highest BCUT2D eigenvalue weighted by Crippen LogP contribution is 2.35. The predicted molar refractivity (Wildman–Crippen MR) is 168 cm³/mol. The molecule has 0 spiro atoms. The van der Waals surface area contributed by atoms with Crippen molar-refractivity contribution >= 4 is 33.9 Å². The van der Waals surface area contributed by atoms with Crippen LogP contribution in [0.1, 0.15) is 44.7 Å². The fourth-order valence-electron chi connectivity index (χ4n) is 4.55. The quantitative estimate of drug-likeness (QED) is 0.238. The Kier molecular flexibility index (Phi) is 9.94. The Labute approximate surface area is 232 Å². The molecule has 4 heteroatoms. The van der Waals surface area contributed by atoms with Crippen molar-refractivity contribution < 1.29 is 0 Å². The highest BCUT2D eigenvalue weighted by atomic mass is 32.2. The molecule has 1 aliphatic heterocycles. The number of allylic oxidation sites excluding steroid dienone is 6. The van der Waals surface area contributed by atoms with E-state index in [2.05, 4.69) is 121 Å². The fourth-order valence-corrected chi connectivity index (χ4v) is 5.49. The van der Waals surface area contributed by atoms with Crippen LogP contribution in [0.25, 0.3) is 16.5 Å². The molecule has 196 valence electrons. The van der Waals surface area contributed by atoms with Crippen LogP contribution in [0, 0.1) is 0 Å². The van der Waals surface area contributed by atoms with Crippen molar-refractivity contribution in [2.75, 3.05) is 5.73 Å². The monoisotopic (exact) mass is 521 g/mol. The van der Waals surface area contributed by atoms with Crippen molar-refractivity contribution in [2.45, 2.75) is 56.3 Å². The molecular formula is C34H39N3S. The molecule has 0 radical (unpaired) electrons. The van der Waals surface area contributed by atoms with Crippen LogP contribution in [0.3, 0.4) is 0 Å². The molecule has 0 aromatic heterocycles. The van der Waals surface area contributed by atoms with Gasteiger partial charge in [-0.3, -0.25) is 0 Å². The van der Waals surface area contributed by atoms with Crippen molar-refractivity contribution in [3.8, 4) is 0 Å². The molecule has 6 rings (SSSR count). The maximum Gasteiger partial charge on any atom is 0.0685 e. The molecule has 0 saturated carbocycles. The Morgan fingerprint density at radius 3 is 2.39 bits per heavy atom. The van der Waals surface area contributed by atoms with Crippen molar-refractivity contribution in [3.63, 3.8) is 0 Å². The average molecular weight is 522 g/mol. The summed E-state index contributed by atoms with van der Waals surface area (Å²) >= 11 is 1.79. The number of nitrogens with one attached hydrogen (secondary N) is 2. The van der Waals surface area contributed by atoms with E-state index in [1.807, 2.05) is 19.9 Å². The van der Waals surface area contributed by atoms with Gasteiger partial charge < -0.3 is 16.4 Å². The number of nitrogen functional groups attached to an aromatic ring is 1. The van der Waals surface area contributed by atoms with Gasteiger partial charge in [0, 0.05) is 22.2 Å². The number of hydrogen-bond acceptors (Lipinski definition) is 4. The molecule has 2 aliphatic carbocycles. The maximum absolute atomic E-state index is 6.59. The Bertz CT molecular complexity index is 1370. The predicted octanol–water partition coefficient (Wildman–Crippen LogP) is 8.38. The third-order valence-electron chi connectivity index (χ3n) is 6.67. The van der Waals surface area contributed by atoms with Gasteiger partial charge >= 0.3 is 0 Å². The first-order valence-corrected chi connectivity index (χ1v) is 14.6. The van der Waals surface area contributed by atoms with Gasteiger partial charge in [0.1, 0.15) is 0 Å². The normalized spacial score (nSPS) is 18.9. The van der Waals surface area contributed by atoms with Crippen LogP contribution in [0.15, 0.2) is 120 Å². The smallest absolute Gasteiger partial charge is 0.0685 e. The standard InChI is InChI=1S/C25H23N3S.C7H10.C2H6/c26-25-20-14-19(23-15-27-21-8-4-5-9-22(21)28-23)11-10-18(20)12-13-24(25)29-16-17-6-2-1-3-7-17;1-7-5-3-2-4-6-7;1-2/h1-15,21-22,27-28H,16,26H2;2-3,5H,4,6H2,1H3;1-2H3. The summed E-state index contributed by atoms with van der Waals surface area (Å²) in [5.74, 6) is 0.912. The summed E-state index contributed by atoms with van der Waals surface area (Å²) in [5.41, 5.74) is 12.5. The van der Waals surface area contributed by atoms with E-state index in [4.69, 9.17) is 5.73 Å². The van der Waals surface area contributed by atoms with Crippen LogP contribution < -0.4 is 16.4 Å². The van der Waals surface area contributed by atoms with Crippen molar-refractivity contribution in [3.05, 3.63) is 126 Å². The lowest BCUT2D eigenvalue weighted by atomic mass is 9.98. The first kappa shape index (κ1) is 27.4. The number of rotatable bonds is 4. The zero-order valence-corrected chi connectivity index (χ0v) is 23.5. The summed E-state index contributed by atoms with van der Waals surface area (Å²) in [5, 5.41) is 9.38. The molecule has 0 saturated heterocycles. The van der Waals surface area contributed by atoms with Crippen LogP contribution in [0.2, 0.25) is 0 Å². The molecule has 0 bridgehead atoms. The van der Waals surface area contributed by atoms with Gasteiger partial charge in [0.25, 0.3) is 0 Å². The summed E-state index contributed by atoms with van der Waals surface area (Å²) in [6.07, 6.45) is 19.6. The summed E-state index contributed by atoms with van der Waals surface area (Å²) < 4.78 is 0. The second-order valence-corrected chi connectivity index (χ2v) is 10.4. The Morgan fingerprint density at radius 1 is 0.921 bits per heavy atom. The fraction of sp³-hybridized carbons (Fsp3) is 0.235. The van der Waals surface area contributed by atoms with E-state index in [0.717, 1.165) is 38.4 Å². The van der Waals surface area contributed by atoms with Gasteiger partial charge in [-0.2, -0.15) is 0 Å². The minimum absolute atomic E-state index is 0.265. The molecule has 38 heavy (non-hydrogen) atoms. The third kappa shape index (κ3) is 7.02. The Balaban J connectivity index is 0.000000321. The van der Waals surface area contributed by atoms with Crippen molar-refractivity contribution in [1.29, 1.82) is 0 Å². The van der Waals surface area contributed by atoms with Crippen LogP contribution >= 0.6 is 11.8 Å². The van der Waals surface area contributed by atoms with E-state index in [1.165, 1.54) is 24.0 Å². The number of anilines is 1. The molecule has 3 nitrogen and oxygen atoms in total. The number of fused-ring (bicyclic) bond motifs is 2. The summed E-state index contributed by atoms with van der Waals surface area (Å²) in [6, 6.07) is 21.9. The van der Waals surface area contributed by atoms with Crippen LogP contribution in [-0.4, -0.2) is 12.1 Å². The molecule has 4 N–H and O–H groups in total. The molecule has 3 aliphatic rings. The van der Waals surface area contributed by atoms with Gasteiger partial charge in [0.05, 0.1) is 23.5 Å². The van der Waals surface area contributed by atoms with Gasteiger partial charge in [-0.05, 0) is 48.4 Å². The number of benzene rings is 3. The van der Waals surface area contributed by atoms with Crippen LogP contribution in [0.4, 0.5) is 5.69 Å². The lowest BCUT2D eigenvalue weighted by molar-refractivity contribution is 0.544. The maximum atomic E-state index is 6.59. The molecule has 3 aromatic rings. The van der Waals surface area contributed by atoms with Crippen molar-refractivity contribution in [1.82, 2.24) is 10.6 Å². The molecule has 0 amide bonds. The van der Waals surface area contributed by atoms with Crippen LogP contribution in [-0.2, 0) is 5.75 Å². The number of thioether (sulfide) groups is 1. The van der Waals surface area contributed by atoms with E-state index >= 15 is 0 Å². The third-order valence-corrected chi connectivity index (χ3v) is 7.82. The van der Waals surface area contributed by atoms with E-state index in [9.17, 15) is 0 Å².